The molecule has 0 aliphatic rings. The molecule has 0 aromatic heterocycles. The van der Waals surface area contributed by atoms with Gasteiger partial charge in [-0.15, -0.1) is 0 Å². The summed E-state index contributed by atoms with van der Waals surface area (Å²) in [5.41, 5.74) is 0.393. The third-order valence-electron chi connectivity index (χ3n) is 3.95. The van der Waals surface area contributed by atoms with Gasteiger partial charge in [0.1, 0.15) is 5.75 Å². The molecule has 31 heavy (non-hydrogen) atoms. The normalized spacial score (nSPS) is 11.6. The first kappa shape index (κ1) is 24.8. The number of anilines is 1. The number of nitrogens with one attached hydrogen (secondary N) is 3. The van der Waals surface area contributed by atoms with Gasteiger partial charge in [-0.2, -0.15) is 0 Å². The summed E-state index contributed by atoms with van der Waals surface area (Å²) < 4.78 is 33.0. The van der Waals surface area contributed by atoms with E-state index in [2.05, 4.69) is 22.3 Å². The van der Waals surface area contributed by atoms with Crippen LogP contribution in [0.4, 0.5) is 5.69 Å². The Kier molecular flexibility index (Phi) is 8.55. The van der Waals surface area contributed by atoms with Gasteiger partial charge in [-0.25, -0.2) is 13.1 Å². The fourth-order valence-corrected chi connectivity index (χ4v) is 4.21. The minimum Gasteiger partial charge on any atom is -0.494 e. The van der Waals surface area contributed by atoms with Gasteiger partial charge in [-0.1, -0.05) is 19.4 Å². The van der Waals surface area contributed by atoms with Crippen molar-refractivity contribution in [2.45, 2.75) is 51.0 Å². The second-order valence-electron chi connectivity index (χ2n) is 8.02. The number of rotatable bonds is 8. The molecule has 3 N–H and O–H groups in total. The SMILES string of the molecule is CCCCOc1cccc(C(=O)NC(=S)Nc2ccc(S(=O)(=O)NC(C)(C)C)cc2)c1. The summed E-state index contributed by atoms with van der Waals surface area (Å²) in [6, 6.07) is 13.0. The van der Waals surface area contributed by atoms with Crippen molar-refractivity contribution >= 4 is 38.9 Å². The van der Waals surface area contributed by atoms with E-state index in [9.17, 15) is 13.2 Å². The average molecular weight is 464 g/mol. The molecule has 1 amide bonds. The maximum atomic E-state index is 12.5. The minimum absolute atomic E-state index is 0.103. The summed E-state index contributed by atoms with van der Waals surface area (Å²) in [5.74, 6) is 0.257. The summed E-state index contributed by atoms with van der Waals surface area (Å²) >= 11 is 5.20. The Morgan fingerprint density at radius 3 is 2.39 bits per heavy atom. The molecule has 0 atom stereocenters. The van der Waals surface area contributed by atoms with E-state index in [1.165, 1.54) is 12.1 Å². The van der Waals surface area contributed by atoms with Crippen LogP contribution in [0.2, 0.25) is 0 Å². The fraction of sp³-hybridized carbons (Fsp3) is 0.364. The first-order valence-corrected chi connectivity index (χ1v) is 11.9. The highest BCUT2D eigenvalue weighted by molar-refractivity contribution is 7.89. The van der Waals surface area contributed by atoms with E-state index in [1.807, 2.05) is 0 Å². The lowest BCUT2D eigenvalue weighted by Gasteiger charge is -2.20. The predicted octanol–water partition coefficient (Wildman–Crippen LogP) is 4.07. The van der Waals surface area contributed by atoms with Crippen molar-refractivity contribution in [3.05, 3.63) is 54.1 Å². The minimum atomic E-state index is -3.62. The smallest absolute Gasteiger partial charge is 0.257 e. The number of amides is 1. The molecular weight excluding hydrogens is 434 g/mol. The molecule has 168 valence electrons. The molecule has 0 aliphatic carbocycles. The van der Waals surface area contributed by atoms with Crippen LogP contribution in [-0.2, 0) is 10.0 Å². The van der Waals surface area contributed by atoms with Gasteiger partial charge >= 0.3 is 0 Å². The van der Waals surface area contributed by atoms with E-state index >= 15 is 0 Å². The van der Waals surface area contributed by atoms with Gasteiger partial charge < -0.3 is 10.1 Å². The summed E-state index contributed by atoms with van der Waals surface area (Å²) in [4.78, 5) is 12.6. The molecule has 0 fully saturated rings. The number of benzene rings is 2. The Balaban J connectivity index is 1.97. The van der Waals surface area contributed by atoms with Crippen molar-refractivity contribution in [1.82, 2.24) is 10.0 Å². The predicted molar refractivity (Wildman–Crippen MR) is 127 cm³/mol. The molecule has 9 heteroatoms. The molecule has 0 bridgehead atoms. The first-order valence-electron chi connectivity index (χ1n) is 9.99. The molecule has 2 aromatic carbocycles. The molecule has 7 nitrogen and oxygen atoms in total. The Labute approximate surface area is 189 Å². The lowest BCUT2D eigenvalue weighted by molar-refractivity contribution is 0.0977. The number of sulfonamides is 1. The van der Waals surface area contributed by atoms with Crippen LogP contribution in [0.5, 0.6) is 5.75 Å². The van der Waals surface area contributed by atoms with E-state index in [1.54, 1.807) is 57.2 Å². The number of ether oxygens (including phenoxy) is 1. The maximum absolute atomic E-state index is 12.5. The van der Waals surface area contributed by atoms with Crippen molar-refractivity contribution in [3.8, 4) is 5.75 Å². The van der Waals surface area contributed by atoms with Crippen LogP contribution >= 0.6 is 12.2 Å². The molecule has 0 radical (unpaired) electrons. The van der Waals surface area contributed by atoms with Crippen LogP contribution in [0, 0.1) is 0 Å². The highest BCUT2D eigenvalue weighted by Gasteiger charge is 2.21. The number of hydrogen-bond donors (Lipinski definition) is 3. The summed E-state index contributed by atoms with van der Waals surface area (Å²) in [7, 11) is -3.62. The van der Waals surface area contributed by atoms with Gasteiger partial charge in [0, 0.05) is 16.8 Å². The van der Waals surface area contributed by atoms with Crippen LogP contribution in [0.1, 0.15) is 50.9 Å². The zero-order chi connectivity index (χ0) is 23.1. The van der Waals surface area contributed by atoms with Gasteiger partial charge in [0.15, 0.2) is 5.11 Å². The van der Waals surface area contributed by atoms with Crippen LogP contribution in [-0.4, -0.2) is 31.6 Å². The monoisotopic (exact) mass is 463 g/mol. The zero-order valence-electron chi connectivity index (χ0n) is 18.2. The zero-order valence-corrected chi connectivity index (χ0v) is 19.8. The Bertz CT molecular complexity index is 1010. The lowest BCUT2D eigenvalue weighted by atomic mass is 10.1. The van der Waals surface area contributed by atoms with E-state index < -0.39 is 15.6 Å². The van der Waals surface area contributed by atoms with Crippen LogP contribution in [0.3, 0.4) is 0 Å². The number of thiocarbonyl (C=S) groups is 1. The number of carbonyl (C=O) groups is 1. The topological polar surface area (TPSA) is 96.5 Å². The van der Waals surface area contributed by atoms with Crippen molar-refractivity contribution in [2.24, 2.45) is 0 Å². The van der Waals surface area contributed by atoms with Crippen LogP contribution in [0.25, 0.3) is 0 Å². The third-order valence-corrected chi connectivity index (χ3v) is 5.93. The molecule has 0 spiro atoms. The van der Waals surface area contributed by atoms with Crippen molar-refractivity contribution in [1.29, 1.82) is 0 Å². The van der Waals surface area contributed by atoms with Crippen molar-refractivity contribution < 1.29 is 17.9 Å². The molecule has 0 unspecified atom stereocenters. The summed E-state index contributed by atoms with van der Waals surface area (Å²) in [6.45, 7) is 7.99. The maximum Gasteiger partial charge on any atom is 0.257 e. The summed E-state index contributed by atoms with van der Waals surface area (Å²) in [5, 5.41) is 5.59. The Morgan fingerprint density at radius 2 is 1.77 bits per heavy atom. The van der Waals surface area contributed by atoms with Gasteiger partial charge in [0.25, 0.3) is 5.91 Å². The van der Waals surface area contributed by atoms with E-state index in [-0.39, 0.29) is 15.9 Å². The number of unbranched alkanes of at least 4 members (excludes halogenated alkanes) is 1. The first-order chi connectivity index (χ1) is 14.5. The van der Waals surface area contributed by atoms with Gasteiger partial charge in [-0.3, -0.25) is 10.1 Å². The standard InChI is InChI=1S/C22H29N3O4S2/c1-5-6-14-29-18-9-7-8-16(15-18)20(26)24-21(30)23-17-10-12-19(13-11-17)31(27,28)25-22(2,3)4/h7-13,15,25H,5-6,14H2,1-4H3,(H2,23,24,26,30). The molecule has 0 aliphatic heterocycles. The Morgan fingerprint density at radius 1 is 1.10 bits per heavy atom. The van der Waals surface area contributed by atoms with E-state index in [0.717, 1.165) is 12.8 Å². The average Bonchev–Trinajstić information content (AvgIpc) is 2.67. The van der Waals surface area contributed by atoms with E-state index in [0.29, 0.717) is 23.6 Å². The summed E-state index contributed by atoms with van der Waals surface area (Å²) in [6.07, 6.45) is 1.97. The second kappa shape index (κ2) is 10.7. The largest absolute Gasteiger partial charge is 0.494 e. The molecule has 2 rings (SSSR count). The quantitative estimate of drug-likeness (QED) is 0.403. The molecule has 0 saturated heterocycles. The van der Waals surface area contributed by atoms with Crippen LogP contribution in [0.15, 0.2) is 53.4 Å². The van der Waals surface area contributed by atoms with Gasteiger partial charge in [-0.05, 0) is 81.9 Å². The Hall–Kier alpha value is -2.49. The molecule has 2 aromatic rings. The fourth-order valence-electron chi connectivity index (χ4n) is 2.58. The third kappa shape index (κ3) is 8.28. The molecule has 0 saturated carbocycles. The van der Waals surface area contributed by atoms with Gasteiger partial charge in [0.2, 0.25) is 10.0 Å². The van der Waals surface area contributed by atoms with E-state index in [4.69, 9.17) is 17.0 Å². The highest BCUT2D eigenvalue weighted by Crippen LogP contribution is 2.17. The highest BCUT2D eigenvalue weighted by atomic mass is 32.2. The van der Waals surface area contributed by atoms with Crippen molar-refractivity contribution in [3.63, 3.8) is 0 Å². The molecule has 0 heterocycles. The van der Waals surface area contributed by atoms with Gasteiger partial charge in [0.05, 0.1) is 11.5 Å². The van der Waals surface area contributed by atoms with Crippen molar-refractivity contribution in [2.75, 3.05) is 11.9 Å². The molecular formula is C22H29N3O4S2. The second-order valence-corrected chi connectivity index (χ2v) is 10.1. The lowest BCUT2D eigenvalue weighted by Crippen LogP contribution is -2.40. The van der Waals surface area contributed by atoms with Crippen LogP contribution < -0.4 is 20.1 Å². The number of carbonyl (C=O) groups excluding carboxylic acids is 1. The number of hydrogen-bond acceptors (Lipinski definition) is 5.